The van der Waals surface area contributed by atoms with Gasteiger partial charge in [0.05, 0.1) is 11.9 Å². The standard InChI is InChI=1S/C15H12FN3S/c1-10-6-7-17-14(8-10)19-15-18-13(9-20-15)11-2-4-12(16)5-3-11/h2-9H,1H3,(H,17,18,19)/p+1. The first kappa shape index (κ1) is 12.7. The van der Waals surface area contributed by atoms with Crippen LogP contribution in [0.1, 0.15) is 5.56 Å². The van der Waals surface area contributed by atoms with Crippen molar-refractivity contribution in [2.75, 3.05) is 5.32 Å². The summed E-state index contributed by atoms with van der Waals surface area (Å²) in [6, 6.07) is 10.3. The minimum absolute atomic E-state index is 0.239. The lowest BCUT2D eigenvalue weighted by Crippen LogP contribution is -2.08. The van der Waals surface area contributed by atoms with Gasteiger partial charge in [0.15, 0.2) is 0 Å². The third-order valence-corrected chi connectivity index (χ3v) is 3.60. The Hall–Kier alpha value is -2.27. The number of pyridine rings is 1. The summed E-state index contributed by atoms with van der Waals surface area (Å²) < 4.78 is 12.9. The highest BCUT2D eigenvalue weighted by molar-refractivity contribution is 7.14. The van der Waals surface area contributed by atoms with Gasteiger partial charge in [0.25, 0.3) is 10.9 Å². The summed E-state index contributed by atoms with van der Waals surface area (Å²) in [5, 5.41) is 5.97. The van der Waals surface area contributed by atoms with Gasteiger partial charge in [-0.15, -0.1) is 0 Å². The van der Waals surface area contributed by atoms with E-state index in [1.54, 1.807) is 12.1 Å². The van der Waals surface area contributed by atoms with Gasteiger partial charge in [-0.3, -0.25) is 0 Å². The van der Waals surface area contributed by atoms with Crippen molar-refractivity contribution in [3.63, 3.8) is 0 Å². The molecular weight excluding hydrogens is 273 g/mol. The van der Waals surface area contributed by atoms with E-state index < -0.39 is 0 Å². The molecule has 1 aromatic carbocycles. The zero-order valence-corrected chi connectivity index (χ0v) is 11.7. The predicted octanol–water partition coefficient (Wildman–Crippen LogP) is 3.82. The molecule has 100 valence electrons. The highest BCUT2D eigenvalue weighted by atomic mass is 32.1. The van der Waals surface area contributed by atoms with Crippen LogP contribution in [0.25, 0.3) is 11.3 Å². The van der Waals surface area contributed by atoms with E-state index in [0.717, 1.165) is 22.2 Å². The number of anilines is 2. The number of hydrogen-bond acceptors (Lipinski definition) is 3. The zero-order valence-electron chi connectivity index (χ0n) is 10.9. The van der Waals surface area contributed by atoms with Crippen LogP contribution >= 0.6 is 11.3 Å². The molecule has 0 bridgehead atoms. The van der Waals surface area contributed by atoms with Crippen molar-refractivity contribution in [3.05, 3.63) is 59.4 Å². The Bertz CT molecular complexity index is 722. The summed E-state index contributed by atoms with van der Waals surface area (Å²) >= 11 is 1.51. The Labute approximate surface area is 120 Å². The van der Waals surface area contributed by atoms with Crippen LogP contribution in [0.15, 0.2) is 48.0 Å². The smallest absolute Gasteiger partial charge is 0.247 e. The van der Waals surface area contributed by atoms with Gasteiger partial charge in [-0.1, -0.05) is 11.3 Å². The Kier molecular flexibility index (Phi) is 3.43. The van der Waals surface area contributed by atoms with E-state index in [-0.39, 0.29) is 5.82 Å². The number of nitrogens with zero attached hydrogens (tertiary/aromatic N) is 1. The molecular formula is C15H13FN3S+. The van der Waals surface area contributed by atoms with E-state index in [2.05, 4.69) is 15.3 Å². The summed E-state index contributed by atoms with van der Waals surface area (Å²) in [6.45, 7) is 2.03. The van der Waals surface area contributed by atoms with E-state index in [0.29, 0.717) is 0 Å². The van der Waals surface area contributed by atoms with Crippen LogP contribution in [0, 0.1) is 12.7 Å². The van der Waals surface area contributed by atoms with E-state index in [1.807, 2.05) is 30.6 Å². The van der Waals surface area contributed by atoms with Gasteiger partial charge in [0.2, 0.25) is 0 Å². The molecule has 20 heavy (non-hydrogen) atoms. The maximum Gasteiger partial charge on any atom is 0.279 e. The normalized spacial score (nSPS) is 10.5. The van der Waals surface area contributed by atoms with Crippen molar-refractivity contribution in [3.8, 4) is 11.3 Å². The third kappa shape index (κ3) is 2.83. The summed E-state index contributed by atoms with van der Waals surface area (Å²) in [6.07, 6.45) is 1.88. The first-order valence-electron chi connectivity index (χ1n) is 6.17. The Morgan fingerprint density at radius 3 is 2.75 bits per heavy atom. The molecule has 0 amide bonds. The lowest BCUT2D eigenvalue weighted by Gasteiger charge is -1.96. The van der Waals surface area contributed by atoms with Gasteiger partial charge < -0.3 is 0 Å². The maximum atomic E-state index is 12.9. The molecule has 0 fully saturated rings. The minimum Gasteiger partial charge on any atom is -0.247 e. The van der Waals surface area contributed by atoms with Crippen LogP contribution in [0.3, 0.4) is 0 Å². The average Bonchev–Trinajstić information content (AvgIpc) is 2.88. The van der Waals surface area contributed by atoms with Gasteiger partial charge in [0, 0.05) is 17.0 Å². The fourth-order valence-electron chi connectivity index (χ4n) is 1.85. The zero-order chi connectivity index (χ0) is 13.9. The van der Waals surface area contributed by atoms with E-state index in [4.69, 9.17) is 0 Å². The summed E-state index contributed by atoms with van der Waals surface area (Å²) in [4.78, 5) is 7.62. The number of aromatic amines is 1. The topological polar surface area (TPSA) is 39.1 Å². The Morgan fingerprint density at radius 1 is 1.20 bits per heavy atom. The lowest BCUT2D eigenvalue weighted by molar-refractivity contribution is -0.360. The molecule has 0 radical (unpaired) electrons. The number of benzene rings is 1. The molecule has 2 N–H and O–H groups in total. The van der Waals surface area contributed by atoms with Crippen LogP contribution in [0.2, 0.25) is 0 Å². The summed E-state index contributed by atoms with van der Waals surface area (Å²) in [7, 11) is 0. The number of H-pyrrole nitrogens is 1. The van der Waals surface area contributed by atoms with Gasteiger partial charge in [-0.05, 0) is 42.8 Å². The molecule has 3 aromatic rings. The SMILES string of the molecule is Cc1cc[nH+]c(Nc2nc(-c3ccc(F)cc3)cs2)c1. The summed E-state index contributed by atoms with van der Waals surface area (Å²) in [5.74, 6) is 0.654. The molecule has 0 spiro atoms. The van der Waals surface area contributed by atoms with Crippen molar-refractivity contribution in [2.45, 2.75) is 6.92 Å². The fourth-order valence-corrected chi connectivity index (χ4v) is 2.58. The number of rotatable bonds is 3. The molecule has 5 heteroatoms. The van der Waals surface area contributed by atoms with Crippen molar-refractivity contribution < 1.29 is 9.37 Å². The second kappa shape index (κ2) is 5.38. The molecule has 0 saturated carbocycles. The number of halogens is 1. The first-order chi connectivity index (χ1) is 9.70. The largest absolute Gasteiger partial charge is 0.279 e. The molecule has 3 rings (SSSR count). The lowest BCUT2D eigenvalue weighted by atomic mass is 10.2. The number of aryl methyl sites for hydroxylation is 1. The van der Waals surface area contributed by atoms with Crippen LogP contribution in [-0.2, 0) is 0 Å². The molecule has 2 heterocycles. The molecule has 0 aliphatic heterocycles. The van der Waals surface area contributed by atoms with Crippen molar-refractivity contribution in [2.24, 2.45) is 0 Å². The van der Waals surface area contributed by atoms with Gasteiger partial charge in [-0.25, -0.2) is 14.7 Å². The third-order valence-electron chi connectivity index (χ3n) is 2.84. The quantitative estimate of drug-likeness (QED) is 0.795. The van der Waals surface area contributed by atoms with Crippen molar-refractivity contribution in [1.29, 1.82) is 0 Å². The number of aromatic nitrogens is 2. The second-order valence-corrected chi connectivity index (χ2v) is 5.31. The Balaban J connectivity index is 1.82. The highest BCUT2D eigenvalue weighted by Gasteiger charge is 2.10. The summed E-state index contributed by atoms with van der Waals surface area (Å²) in [5.41, 5.74) is 2.91. The molecule has 0 unspecified atom stereocenters. The molecule has 3 nitrogen and oxygen atoms in total. The minimum atomic E-state index is -0.239. The van der Waals surface area contributed by atoms with Crippen molar-refractivity contribution in [1.82, 2.24) is 4.98 Å². The maximum absolute atomic E-state index is 12.9. The Morgan fingerprint density at radius 2 is 2.00 bits per heavy atom. The predicted molar refractivity (Wildman–Crippen MR) is 78.5 cm³/mol. The molecule has 0 saturated heterocycles. The first-order valence-corrected chi connectivity index (χ1v) is 7.05. The average molecular weight is 286 g/mol. The second-order valence-electron chi connectivity index (χ2n) is 4.45. The van der Waals surface area contributed by atoms with Gasteiger partial charge in [0.1, 0.15) is 5.82 Å². The van der Waals surface area contributed by atoms with Gasteiger partial charge >= 0.3 is 0 Å². The van der Waals surface area contributed by atoms with E-state index in [1.165, 1.54) is 29.0 Å². The highest BCUT2D eigenvalue weighted by Crippen LogP contribution is 2.26. The monoisotopic (exact) mass is 286 g/mol. The van der Waals surface area contributed by atoms with Crippen LogP contribution < -0.4 is 10.3 Å². The molecule has 0 aliphatic carbocycles. The number of nitrogens with one attached hydrogen (secondary N) is 2. The fraction of sp³-hybridized carbons (Fsp3) is 0.0667. The molecule has 0 aliphatic rings. The van der Waals surface area contributed by atoms with Gasteiger partial charge in [-0.2, -0.15) is 4.98 Å². The molecule has 2 aromatic heterocycles. The van der Waals surface area contributed by atoms with Crippen LogP contribution in [0.4, 0.5) is 15.3 Å². The van der Waals surface area contributed by atoms with E-state index >= 15 is 0 Å². The number of thiazole rings is 1. The van der Waals surface area contributed by atoms with Crippen molar-refractivity contribution >= 4 is 22.3 Å². The molecule has 0 atom stereocenters. The number of hydrogen-bond donors (Lipinski definition) is 1. The van der Waals surface area contributed by atoms with E-state index in [9.17, 15) is 4.39 Å². The van der Waals surface area contributed by atoms with Crippen LogP contribution in [0.5, 0.6) is 0 Å². The van der Waals surface area contributed by atoms with Crippen LogP contribution in [-0.4, -0.2) is 4.98 Å².